The molecular weight excluding hydrogens is 228 g/mol. The second-order valence-electron chi connectivity index (χ2n) is 3.99. The van der Waals surface area contributed by atoms with Gasteiger partial charge in [-0.25, -0.2) is 4.79 Å². The lowest BCUT2D eigenvalue weighted by atomic mass is 10.2. The molecule has 0 radical (unpaired) electrons. The standard InChI is InChI=1S/C14H12N2O2/c1-2-18-14(17)10-5-6-12-13(8-10)16-7-3-4-11(16)9-15-12/h3-9H,2H2,1H3. The van der Waals surface area contributed by atoms with Crippen molar-refractivity contribution in [2.75, 3.05) is 6.61 Å². The van der Waals surface area contributed by atoms with Gasteiger partial charge >= 0.3 is 5.97 Å². The van der Waals surface area contributed by atoms with Gasteiger partial charge in [0, 0.05) is 6.20 Å². The highest BCUT2D eigenvalue weighted by Crippen LogP contribution is 2.17. The van der Waals surface area contributed by atoms with E-state index in [0.29, 0.717) is 12.2 Å². The van der Waals surface area contributed by atoms with E-state index in [9.17, 15) is 4.79 Å². The predicted molar refractivity (Wildman–Crippen MR) is 68.7 cm³/mol. The fourth-order valence-corrected chi connectivity index (χ4v) is 2.02. The first kappa shape index (κ1) is 10.8. The summed E-state index contributed by atoms with van der Waals surface area (Å²) in [6, 6.07) is 9.31. The molecule has 4 heteroatoms. The number of carbonyl (C=O) groups excluding carboxylic acids is 1. The molecule has 0 fully saturated rings. The topological polar surface area (TPSA) is 43.6 Å². The molecular formula is C14H12N2O2. The highest BCUT2D eigenvalue weighted by molar-refractivity contribution is 5.94. The summed E-state index contributed by atoms with van der Waals surface area (Å²) in [6.45, 7) is 2.17. The van der Waals surface area contributed by atoms with Crippen molar-refractivity contribution in [3.8, 4) is 0 Å². The third-order valence-electron chi connectivity index (χ3n) is 2.86. The van der Waals surface area contributed by atoms with Crippen LogP contribution in [0.5, 0.6) is 0 Å². The van der Waals surface area contributed by atoms with Crippen LogP contribution in [0.1, 0.15) is 17.3 Å². The summed E-state index contributed by atoms with van der Waals surface area (Å²) < 4.78 is 7.01. The van der Waals surface area contributed by atoms with E-state index in [-0.39, 0.29) is 5.97 Å². The Morgan fingerprint density at radius 3 is 3.11 bits per heavy atom. The fraction of sp³-hybridized carbons (Fsp3) is 0.143. The number of fused-ring (bicyclic) bond motifs is 3. The van der Waals surface area contributed by atoms with Gasteiger partial charge in [-0.3, -0.25) is 4.98 Å². The monoisotopic (exact) mass is 240 g/mol. The number of benzene rings is 1. The SMILES string of the molecule is CCOC(=O)c1ccc2ncc3cccn3c2c1. The molecule has 1 aromatic carbocycles. The molecule has 0 spiro atoms. The molecule has 0 saturated heterocycles. The number of hydrogen-bond acceptors (Lipinski definition) is 3. The van der Waals surface area contributed by atoms with Crippen LogP contribution in [0, 0.1) is 0 Å². The van der Waals surface area contributed by atoms with Gasteiger partial charge in [0.15, 0.2) is 0 Å². The van der Waals surface area contributed by atoms with Crippen molar-refractivity contribution in [2.24, 2.45) is 0 Å². The summed E-state index contributed by atoms with van der Waals surface area (Å²) in [6.07, 6.45) is 3.76. The number of nitrogens with zero attached hydrogens (tertiary/aromatic N) is 2. The Labute approximate surface area is 104 Å². The molecule has 3 aromatic rings. The summed E-state index contributed by atoms with van der Waals surface area (Å²) in [5.41, 5.74) is 3.31. The third kappa shape index (κ3) is 1.62. The zero-order valence-corrected chi connectivity index (χ0v) is 9.96. The molecule has 0 aliphatic rings. The van der Waals surface area contributed by atoms with Crippen LogP contribution in [0.15, 0.2) is 42.7 Å². The normalized spacial score (nSPS) is 10.9. The first-order valence-electron chi connectivity index (χ1n) is 5.82. The van der Waals surface area contributed by atoms with Crippen LogP contribution < -0.4 is 0 Å². The number of aromatic nitrogens is 2. The Balaban J connectivity index is 2.23. The molecule has 0 unspecified atom stereocenters. The minimum absolute atomic E-state index is 0.302. The van der Waals surface area contributed by atoms with Crippen LogP contribution in [-0.4, -0.2) is 22.0 Å². The third-order valence-corrected chi connectivity index (χ3v) is 2.86. The highest BCUT2D eigenvalue weighted by Gasteiger charge is 2.09. The molecule has 3 rings (SSSR count). The van der Waals surface area contributed by atoms with Crippen molar-refractivity contribution in [1.82, 2.24) is 9.38 Å². The van der Waals surface area contributed by atoms with E-state index in [2.05, 4.69) is 4.98 Å². The van der Waals surface area contributed by atoms with E-state index in [4.69, 9.17) is 4.74 Å². The average molecular weight is 240 g/mol. The minimum atomic E-state index is -0.302. The lowest BCUT2D eigenvalue weighted by Crippen LogP contribution is -2.05. The van der Waals surface area contributed by atoms with Gasteiger partial charge in [-0.2, -0.15) is 0 Å². The number of ether oxygens (including phenoxy) is 1. The number of rotatable bonds is 2. The van der Waals surface area contributed by atoms with Gasteiger partial charge in [-0.05, 0) is 37.3 Å². The average Bonchev–Trinajstić information content (AvgIpc) is 2.87. The molecule has 2 aromatic heterocycles. The maximum Gasteiger partial charge on any atom is 0.338 e. The molecule has 4 nitrogen and oxygen atoms in total. The Kier molecular flexibility index (Phi) is 2.48. The summed E-state index contributed by atoms with van der Waals surface area (Å²) in [7, 11) is 0. The summed E-state index contributed by atoms with van der Waals surface area (Å²) >= 11 is 0. The zero-order chi connectivity index (χ0) is 12.5. The van der Waals surface area contributed by atoms with Gasteiger partial charge in [0.2, 0.25) is 0 Å². The smallest absolute Gasteiger partial charge is 0.338 e. The van der Waals surface area contributed by atoms with Crippen molar-refractivity contribution in [1.29, 1.82) is 0 Å². The maximum absolute atomic E-state index is 11.7. The minimum Gasteiger partial charge on any atom is -0.462 e. The number of carbonyl (C=O) groups is 1. The molecule has 0 amide bonds. The van der Waals surface area contributed by atoms with Gasteiger partial charge in [-0.1, -0.05) is 0 Å². The van der Waals surface area contributed by atoms with Crippen LogP contribution in [-0.2, 0) is 4.74 Å². The van der Waals surface area contributed by atoms with E-state index >= 15 is 0 Å². The zero-order valence-electron chi connectivity index (χ0n) is 9.96. The van der Waals surface area contributed by atoms with Crippen molar-refractivity contribution in [3.05, 3.63) is 48.3 Å². The van der Waals surface area contributed by atoms with Crippen LogP contribution >= 0.6 is 0 Å². The van der Waals surface area contributed by atoms with Gasteiger partial charge in [0.1, 0.15) is 0 Å². The molecule has 18 heavy (non-hydrogen) atoms. The Hall–Kier alpha value is -2.36. The largest absolute Gasteiger partial charge is 0.462 e. The molecule has 0 bridgehead atoms. The molecule has 2 heterocycles. The summed E-state index contributed by atoms with van der Waals surface area (Å²) in [4.78, 5) is 16.1. The van der Waals surface area contributed by atoms with Gasteiger partial charge in [0.05, 0.1) is 34.9 Å². The van der Waals surface area contributed by atoms with E-state index in [1.807, 2.05) is 41.1 Å². The summed E-state index contributed by atoms with van der Waals surface area (Å²) in [5, 5.41) is 0. The molecule has 0 atom stereocenters. The second-order valence-corrected chi connectivity index (χ2v) is 3.99. The molecule has 0 aliphatic carbocycles. The fourth-order valence-electron chi connectivity index (χ4n) is 2.02. The Morgan fingerprint density at radius 2 is 2.28 bits per heavy atom. The Morgan fingerprint density at radius 1 is 1.39 bits per heavy atom. The highest BCUT2D eigenvalue weighted by atomic mass is 16.5. The molecule has 0 N–H and O–H groups in total. The van der Waals surface area contributed by atoms with Crippen LogP contribution in [0.4, 0.5) is 0 Å². The van der Waals surface area contributed by atoms with Gasteiger partial charge in [0.25, 0.3) is 0 Å². The Bertz CT molecular complexity index is 731. The number of esters is 1. The summed E-state index contributed by atoms with van der Waals surface area (Å²) in [5.74, 6) is -0.302. The van der Waals surface area contributed by atoms with Gasteiger partial charge < -0.3 is 9.14 Å². The van der Waals surface area contributed by atoms with Crippen molar-refractivity contribution in [2.45, 2.75) is 6.92 Å². The van der Waals surface area contributed by atoms with Gasteiger partial charge in [-0.15, -0.1) is 0 Å². The van der Waals surface area contributed by atoms with Crippen molar-refractivity contribution in [3.63, 3.8) is 0 Å². The van der Waals surface area contributed by atoms with Crippen LogP contribution in [0.2, 0.25) is 0 Å². The van der Waals surface area contributed by atoms with Crippen LogP contribution in [0.3, 0.4) is 0 Å². The lowest BCUT2D eigenvalue weighted by molar-refractivity contribution is 0.0526. The molecule has 0 saturated carbocycles. The first-order chi connectivity index (χ1) is 8.79. The quantitative estimate of drug-likeness (QED) is 0.647. The van der Waals surface area contributed by atoms with Crippen molar-refractivity contribution < 1.29 is 9.53 Å². The van der Waals surface area contributed by atoms with E-state index in [0.717, 1.165) is 16.6 Å². The predicted octanol–water partition coefficient (Wildman–Crippen LogP) is 2.66. The number of hydrogen-bond donors (Lipinski definition) is 0. The van der Waals surface area contributed by atoms with Crippen molar-refractivity contribution >= 4 is 22.5 Å². The van der Waals surface area contributed by atoms with Crippen LogP contribution in [0.25, 0.3) is 16.6 Å². The maximum atomic E-state index is 11.7. The first-order valence-corrected chi connectivity index (χ1v) is 5.82. The molecule has 90 valence electrons. The van der Waals surface area contributed by atoms with E-state index in [1.54, 1.807) is 13.0 Å². The molecule has 0 aliphatic heterocycles. The van der Waals surface area contributed by atoms with E-state index in [1.165, 1.54) is 0 Å². The lowest BCUT2D eigenvalue weighted by Gasteiger charge is -2.05. The second kappa shape index (κ2) is 4.14. The van der Waals surface area contributed by atoms with E-state index < -0.39 is 0 Å².